The summed E-state index contributed by atoms with van der Waals surface area (Å²) in [7, 11) is 0. The van der Waals surface area contributed by atoms with Gasteiger partial charge in [0.1, 0.15) is 5.75 Å². The summed E-state index contributed by atoms with van der Waals surface area (Å²) in [5.41, 5.74) is 6.44. The molecule has 0 saturated heterocycles. The second-order valence-electron chi connectivity index (χ2n) is 6.50. The standard InChI is InChI=1S/C21H15NO6/c22-16(23)10-27-12-7-5-11(6-8-12)15-9-17(24)28-21-18(15)19(25)13-3-1-2-4-14(13)20(21)26/h1-8,15H,9-10H2,(H2,22,23)/t15-/m0/s1. The quantitative estimate of drug-likeness (QED) is 0.815. The van der Waals surface area contributed by atoms with Crippen LogP contribution in [-0.2, 0) is 14.3 Å². The number of hydrogen-bond acceptors (Lipinski definition) is 6. The minimum Gasteiger partial charge on any atom is -0.484 e. The Hall–Kier alpha value is -3.74. The Morgan fingerprint density at radius 2 is 1.64 bits per heavy atom. The van der Waals surface area contributed by atoms with Crippen molar-refractivity contribution in [2.24, 2.45) is 5.73 Å². The van der Waals surface area contributed by atoms with E-state index in [0.717, 1.165) is 0 Å². The summed E-state index contributed by atoms with van der Waals surface area (Å²) in [6.07, 6.45) is -0.0541. The molecule has 0 unspecified atom stereocenters. The summed E-state index contributed by atoms with van der Waals surface area (Å²) in [6.45, 7) is -0.256. The number of carbonyl (C=O) groups is 4. The molecular formula is C21H15NO6. The average Bonchev–Trinajstić information content (AvgIpc) is 2.70. The van der Waals surface area contributed by atoms with Crippen molar-refractivity contribution in [2.75, 3.05) is 6.61 Å². The molecule has 0 aromatic heterocycles. The van der Waals surface area contributed by atoms with E-state index in [-0.39, 0.29) is 35.7 Å². The molecule has 4 rings (SSSR count). The van der Waals surface area contributed by atoms with Crippen LogP contribution in [0, 0.1) is 0 Å². The number of rotatable bonds is 4. The molecule has 28 heavy (non-hydrogen) atoms. The summed E-state index contributed by atoms with van der Waals surface area (Å²) in [5.74, 6) is -2.34. The fourth-order valence-electron chi connectivity index (χ4n) is 3.45. The Kier molecular flexibility index (Phi) is 4.27. The molecule has 2 aromatic rings. The molecule has 7 heteroatoms. The monoisotopic (exact) mass is 377 g/mol. The Balaban J connectivity index is 1.73. The van der Waals surface area contributed by atoms with Gasteiger partial charge in [0.05, 0.1) is 12.0 Å². The first-order chi connectivity index (χ1) is 13.5. The smallest absolute Gasteiger partial charge is 0.312 e. The van der Waals surface area contributed by atoms with Crippen LogP contribution in [-0.4, -0.2) is 30.0 Å². The van der Waals surface area contributed by atoms with Gasteiger partial charge in [0.25, 0.3) is 5.91 Å². The van der Waals surface area contributed by atoms with E-state index in [1.807, 2.05) is 0 Å². The first kappa shape index (κ1) is 17.7. The molecule has 1 heterocycles. The number of fused-ring (bicyclic) bond motifs is 1. The number of carbonyl (C=O) groups excluding carboxylic acids is 4. The molecule has 7 nitrogen and oxygen atoms in total. The zero-order valence-electron chi connectivity index (χ0n) is 14.6. The Labute approximate surface area is 159 Å². The summed E-state index contributed by atoms with van der Waals surface area (Å²) in [5, 5.41) is 0. The van der Waals surface area contributed by atoms with E-state index in [1.54, 1.807) is 48.5 Å². The second kappa shape index (κ2) is 6.77. The topological polar surface area (TPSA) is 113 Å². The SMILES string of the molecule is NC(=O)COc1ccc([C@@H]2CC(=O)OC3=C2C(=O)c2ccccc2C3=O)cc1. The highest BCUT2D eigenvalue weighted by atomic mass is 16.5. The number of allylic oxidation sites excluding steroid dienone is 2. The van der Waals surface area contributed by atoms with Crippen LogP contribution in [0.15, 0.2) is 59.9 Å². The fraction of sp³-hybridized carbons (Fsp3) is 0.143. The maximum atomic E-state index is 13.1. The molecule has 1 amide bonds. The van der Waals surface area contributed by atoms with Gasteiger partial charge in [-0.3, -0.25) is 19.2 Å². The van der Waals surface area contributed by atoms with Gasteiger partial charge >= 0.3 is 5.97 Å². The third-order valence-corrected chi connectivity index (χ3v) is 4.71. The third kappa shape index (κ3) is 2.96. The number of nitrogens with two attached hydrogens (primary N) is 1. The van der Waals surface area contributed by atoms with E-state index < -0.39 is 23.6 Å². The number of ether oxygens (including phenoxy) is 2. The highest BCUT2D eigenvalue weighted by Crippen LogP contribution is 2.41. The van der Waals surface area contributed by atoms with Crippen molar-refractivity contribution in [3.8, 4) is 5.75 Å². The maximum absolute atomic E-state index is 13.1. The van der Waals surface area contributed by atoms with E-state index in [1.165, 1.54) is 0 Å². The summed E-state index contributed by atoms with van der Waals surface area (Å²) in [6, 6.07) is 13.1. The molecule has 2 aliphatic rings. The molecule has 140 valence electrons. The highest BCUT2D eigenvalue weighted by molar-refractivity contribution is 6.27. The molecule has 2 N–H and O–H groups in total. The van der Waals surface area contributed by atoms with Crippen LogP contribution in [0.2, 0.25) is 0 Å². The molecular weight excluding hydrogens is 362 g/mol. The first-order valence-corrected chi connectivity index (χ1v) is 8.60. The molecule has 1 aliphatic heterocycles. The van der Waals surface area contributed by atoms with Crippen molar-refractivity contribution in [1.29, 1.82) is 0 Å². The van der Waals surface area contributed by atoms with Gasteiger partial charge in [-0.25, -0.2) is 0 Å². The van der Waals surface area contributed by atoms with E-state index in [2.05, 4.69) is 0 Å². The number of benzene rings is 2. The van der Waals surface area contributed by atoms with Gasteiger partial charge in [0.15, 0.2) is 18.1 Å². The molecule has 2 aromatic carbocycles. The Morgan fingerprint density at radius 3 is 2.29 bits per heavy atom. The van der Waals surface area contributed by atoms with Crippen molar-refractivity contribution in [3.05, 3.63) is 76.6 Å². The van der Waals surface area contributed by atoms with Gasteiger partial charge < -0.3 is 15.2 Å². The predicted octanol–water partition coefficient (Wildman–Crippen LogP) is 1.91. The molecule has 0 bridgehead atoms. The second-order valence-corrected chi connectivity index (χ2v) is 6.50. The highest BCUT2D eigenvalue weighted by Gasteiger charge is 2.42. The van der Waals surface area contributed by atoms with E-state index in [4.69, 9.17) is 15.2 Å². The molecule has 0 saturated carbocycles. The summed E-state index contributed by atoms with van der Waals surface area (Å²) < 4.78 is 10.4. The number of primary amides is 1. The lowest BCUT2D eigenvalue weighted by Crippen LogP contribution is -2.32. The molecule has 1 aliphatic carbocycles. The normalized spacial score (nSPS) is 18.3. The van der Waals surface area contributed by atoms with Crippen LogP contribution in [0.1, 0.15) is 38.6 Å². The Bertz CT molecular complexity index is 1050. The maximum Gasteiger partial charge on any atom is 0.312 e. The van der Waals surface area contributed by atoms with E-state index in [0.29, 0.717) is 16.9 Å². The number of ketones is 2. The minimum atomic E-state index is -0.605. The lowest BCUT2D eigenvalue weighted by atomic mass is 9.77. The molecule has 0 radical (unpaired) electrons. The average molecular weight is 377 g/mol. The van der Waals surface area contributed by atoms with Crippen LogP contribution < -0.4 is 10.5 Å². The first-order valence-electron chi connectivity index (χ1n) is 8.60. The van der Waals surface area contributed by atoms with Gasteiger partial charge in [-0.1, -0.05) is 36.4 Å². The lowest BCUT2D eigenvalue weighted by molar-refractivity contribution is -0.140. The van der Waals surface area contributed by atoms with Gasteiger partial charge in [-0.2, -0.15) is 0 Å². The van der Waals surface area contributed by atoms with Gasteiger partial charge in [0.2, 0.25) is 5.78 Å². The van der Waals surface area contributed by atoms with Crippen LogP contribution in [0.25, 0.3) is 0 Å². The van der Waals surface area contributed by atoms with Crippen LogP contribution >= 0.6 is 0 Å². The third-order valence-electron chi connectivity index (χ3n) is 4.71. The minimum absolute atomic E-state index is 0.0541. The fourth-order valence-corrected chi connectivity index (χ4v) is 3.45. The zero-order valence-corrected chi connectivity index (χ0v) is 14.6. The largest absolute Gasteiger partial charge is 0.484 e. The van der Waals surface area contributed by atoms with Crippen molar-refractivity contribution in [3.63, 3.8) is 0 Å². The van der Waals surface area contributed by atoms with Crippen molar-refractivity contribution in [2.45, 2.75) is 12.3 Å². The number of hydrogen-bond donors (Lipinski definition) is 1. The lowest BCUT2D eigenvalue weighted by Gasteiger charge is -2.30. The van der Waals surface area contributed by atoms with E-state index >= 15 is 0 Å². The van der Waals surface area contributed by atoms with Crippen LogP contribution in [0.5, 0.6) is 5.75 Å². The van der Waals surface area contributed by atoms with Gasteiger partial charge in [0, 0.05) is 17.0 Å². The zero-order chi connectivity index (χ0) is 19.8. The molecule has 0 fully saturated rings. The van der Waals surface area contributed by atoms with Crippen LogP contribution in [0.4, 0.5) is 0 Å². The predicted molar refractivity (Wildman–Crippen MR) is 96.7 cm³/mol. The van der Waals surface area contributed by atoms with E-state index in [9.17, 15) is 19.2 Å². The Morgan fingerprint density at radius 1 is 1.00 bits per heavy atom. The van der Waals surface area contributed by atoms with Crippen molar-refractivity contribution < 1.29 is 28.7 Å². The number of Topliss-reactive ketones (excluding diaryl/α,β-unsaturated/α-hetero) is 2. The van der Waals surface area contributed by atoms with Crippen molar-refractivity contribution in [1.82, 2.24) is 0 Å². The summed E-state index contributed by atoms with van der Waals surface area (Å²) in [4.78, 5) is 48.8. The number of esters is 1. The van der Waals surface area contributed by atoms with Crippen molar-refractivity contribution >= 4 is 23.4 Å². The molecule has 0 spiro atoms. The van der Waals surface area contributed by atoms with Gasteiger partial charge in [-0.05, 0) is 17.7 Å². The molecule has 1 atom stereocenters. The van der Waals surface area contributed by atoms with Gasteiger partial charge in [-0.15, -0.1) is 0 Å². The van der Waals surface area contributed by atoms with Crippen LogP contribution in [0.3, 0.4) is 0 Å². The number of amides is 1. The summed E-state index contributed by atoms with van der Waals surface area (Å²) >= 11 is 0.